The molecule has 0 bridgehead atoms. The molecule has 2 heterocycles. The highest BCUT2D eigenvalue weighted by molar-refractivity contribution is 7.26. The van der Waals surface area contributed by atoms with E-state index in [4.69, 9.17) is 0 Å². The van der Waals surface area contributed by atoms with E-state index in [2.05, 4.69) is 164 Å². The van der Waals surface area contributed by atoms with Crippen molar-refractivity contribution in [1.82, 2.24) is 0 Å². The largest absolute Gasteiger partial charge is 0.241 e. The summed E-state index contributed by atoms with van der Waals surface area (Å²) < 4.78 is 5.37. The lowest BCUT2D eigenvalue weighted by molar-refractivity contribution is 1.59. The molecule has 0 spiro atoms. The van der Waals surface area contributed by atoms with Crippen LogP contribution < -0.4 is 16.4 Å². The minimum Gasteiger partial charge on any atom is -0.135 e. The van der Waals surface area contributed by atoms with Crippen molar-refractivity contribution in [1.29, 1.82) is 0 Å². The molecule has 45 heavy (non-hydrogen) atoms. The quantitative estimate of drug-likeness (QED) is 0.171. The Balaban J connectivity index is 1.15. The molecule has 0 saturated heterocycles. The highest BCUT2D eigenvalue weighted by Gasteiger charge is 2.24. The van der Waals surface area contributed by atoms with Gasteiger partial charge >= 0.3 is 0 Å². The Kier molecular flexibility index (Phi) is 6.40. The van der Waals surface area contributed by atoms with E-state index in [9.17, 15) is 0 Å². The van der Waals surface area contributed by atoms with Crippen molar-refractivity contribution in [3.8, 4) is 22.3 Å². The zero-order chi connectivity index (χ0) is 29.7. The van der Waals surface area contributed by atoms with Gasteiger partial charge in [-0.2, -0.15) is 0 Å². The highest BCUT2D eigenvalue weighted by atomic mass is 32.1. The van der Waals surface area contributed by atoms with E-state index in [0.717, 1.165) is 0 Å². The Labute approximate surface area is 270 Å². The molecule has 0 aliphatic rings. The van der Waals surface area contributed by atoms with Crippen LogP contribution in [-0.2, 0) is 0 Å². The van der Waals surface area contributed by atoms with Crippen LogP contribution in [0.4, 0.5) is 0 Å². The molecule has 9 aromatic rings. The molecule has 210 valence electrons. The number of hydrogen-bond donors (Lipinski definition) is 0. The molecule has 0 saturated carbocycles. The molecule has 2 aromatic heterocycles. The first-order valence-corrected chi connectivity index (χ1v) is 17.0. The number of benzene rings is 7. The van der Waals surface area contributed by atoms with Gasteiger partial charge in [-0.25, -0.2) is 0 Å². The molecule has 0 N–H and O–H groups in total. The third-order valence-corrected chi connectivity index (χ3v) is 11.3. The van der Waals surface area contributed by atoms with Gasteiger partial charge in [0, 0.05) is 40.3 Å². The molecule has 0 fully saturated rings. The predicted octanol–water partition coefficient (Wildman–Crippen LogP) is 10.3. The van der Waals surface area contributed by atoms with E-state index in [1.807, 2.05) is 22.7 Å². The summed E-state index contributed by atoms with van der Waals surface area (Å²) in [6.45, 7) is 0.128. The third-order valence-electron chi connectivity index (χ3n) is 9.04. The molecule has 0 aliphatic carbocycles. The third kappa shape index (κ3) is 4.68. The van der Waals surface area contributed by atoms with E-state index < -0.39 is 0 Å². The Bertz CT molecular complexity index is 2350. The van der Waals surface area contributed by atoms with E-state index in [-0.39, 0.29) is 6.71 Å². The fraction of sp³-hybridized carbons (Fsp3) is 0. The van der Waals surface area contributed by atoms with Crippen molar-refractivity contribution in [2.45, 2.75) is 0 Å². The molecular formula is C42H27BS2. The summed E-state index contributed by atoms with van der Waals surface area (Å²) in [6, 6.07) is 60.4. The van der Waals surface area contributed by atoms with Crippen LogP contribution in [0.1, 0.15) is 0 Å². The van der Waals surface area contributed by atoms with E-state index >= 15 is 0 Å². The van der Waals surface area contributed by atoms with Crippen LogP contribution in [-0.4, -0.2) is 6.71 Å². The standard InChI is InChI=1S/C42H27BS2/c1-2-8-28(9-3-1)29-14-16-30(17-15-29)31-18-20-32(21-19-31)43(33-22-24-37-35-10-4-6-12-39(35)44-41(37)26-33)34-23-25-38-36-11-5-7-13-40(36)45-42(38)27-34/h1-27H. The first-order valence-electron chi connectivity index (χ1n) is 15.4. The van der Waals surface area contributed by atoms with Gasteiger partial charge in [-0.05, 0) is 46.5 Å². The zero-order valence-electron chi connectivity index (χ0n) is 24.5. The first kappa shape index (κ1) is 26.4. The molecule has 7 aromatic carbocycles. The highest BCUT2D eigenvalue weighted by Crippen LogP contribution is 2.34. The normalized spacial score (nSPS) is 11.6. The Morgan fingerprint density at radius 1 is 0.289 bits per heavy atom. The van der Waals surface area contributed by atoms with Gasteiger partial charge < -0.3 is 0 Å². The fourth-order valence-corrected chi connectivity index (χ4v) is 9.08. The SMILES string of the molecule is c1ccc(-c2ccc(-c3ccc(B(c4ccc5c(c4)sc4ccccc45)c4ccc5c(c4)sc4ccccc45)cc3)cc2)cc1. The van der Waals surface area contributed by atoms with Crippen LogP contribution in [0.5, 0.6) is 0 Å². The summed E-state index contributed by atoms with van der Waals surface area (Å²) >= 11 is 3.78. The molecular weight excluding hydrogens is 579 g/mol. The molecule has 0 radical (unpaired) electrons. The second-order valence-electron chi connectivity index (χ2n) is 11.7. The van der Waals surface area contributed by atoms with Crippen LogP contribution in [0.3, 0.4) is 0 Å². The minimum atomic E-state index is 0.128. The Hall–Kier alpha value is -4.96. The molecule has 3 heteroatoms. The lowest BCUT2D eigenvalue weighted by Crippen LogP contribution is -2.51. The summed E-state index contributed by atoms with van der Waals surface area (Å²) in [5, 5.41) is 5.37. The average Bonchev–Trinajstić information content (AvgIpc) is 3.67. The number of hydrogen-bond acceptors (Lipinski definition) is 2. The second kappa shape index (κ2) is 10.9. The molecule has 0 aliphatic heterocycles. The topological polar surface area (TPSA) is 0 Å². The first-order chi connectivity index (χ1) is 22.3. The number of fused-ring (bicyclic) bond motifs is 6. The van der Waals surface area contributed by atoms with Gasteiger partial charge in [-0.1, -0.05) is 156 Å². The van der Waals surface area contributed by atoms with E-state index in [0.29, 0.717) is 0 Å². The number of rotatable bonds is 5. The van der Waals surface area contributed by atoms with E-state index in [1.165, 1.54) is 79.0 Å². The van der Waals surface area contributed by atoms with Gasteiger partial charge in [0.1, 0.15) is 0 Å². The van der Waals surface area contributed by atoms with Crippen LogP contribution in [0, 0.1) is 0 Å². The molecule has 9 rings (SSSR count). The summed E-state index contributed by atoms with van der Waals surface area (Å²) in [4.78, 5) is 0. The van der Waals surface area contributed by atoms with Crippen molar-refractivity contribution < 1.29 is 0 Å². The maximum Gasteiger partial charge on any atom is 0.241 e. The van der Waals surface area contributed by atoms with Gasteiger partial charge in [0.05, 0.1) is 0 Å². The summed E-state index contributed by atoms with van der Waals surface area (Å²) in [5.74, 6) is 0. The number of thiophene rings is 2. The van der Waals surface area contributed by atoms with Crippen LogP contribution in [0.15, 0.2) is 164 Å². The lowest BCUT2D eigenvalue weighted by atomic mass is 9.37. The molecule has 0 unspecified atom stereocenters. The van der Waals surface area contributed by atoms with Crippen molar-refractivity contribution in [3.05, 3.63) is 164 Å². The average molecular weight is 607 g/mol. The molecule has 0 amide bonds. The fourth-order valence-electron chi connectivity index (χ4n) is 6.78. The van der Waals surface area contributed by atoms with Gasteiger partial charge in [0.25, 0.3) is 0 Å². The van der Waals surface area contributed by atoms with Crippen LogP contribution in [0.2, 0.25) is 0 Å². The minimum absolute atomic E-state index is 0.128. The van der Waals surface area contributed by atoms with Crippen molar-refractivity contribution >= 4 is 86.1 Å². The zero-order valence-corrected chi connectivity index (χ0v) is 26.1. The van der Waals surface area contributed by atoms with Gasteiger partial charge in [-0.15, -0.1) is 22.7 Å². The monoisotopic (exact) mass is 606 g/mol. The maximum atomic E-state index is 2.43. The summed E-state index contributed by atoms with van der Waals surface area (Å²) in [7, 11) is 0. The predicted molar refractivity (Wildman–Crippen MR) is 201 cm³/mol. The summed E-state index contributed by atoms with van der Waals surface area (Å²) in [5.41, 5.74) is 8.91. The molecule has 0 atom stereocenters. The van der Waals surface area contributed by atoms with Crippen molar-refractivity contribution in [2.24, 2.45) is 0 Å². The van der Waals surface area contributed by atoms with Crippen molar-refractivity contribution in [2.75, 3.05) is 0 Å². The lowest BCUT2D eigenvalue weighted by Gasteiger charge is -2.17. The smallest absolute Gasteiger partial charge is 0.135 e. The van der Waals surface area contributed by atoms with Crippen LogP contribution >= 0.6 is 22.7 Å². The van der Waals surface area contributed by atoms with Crippen LogP contribution in [0.25, 0.3) is 62.6 Å². The summed E-state index contributed by atoms with van der Waals surface area (Å²) in [6.07, 6.45) is 0. The van der Waals surface area contributed by atoms with Gasteiger partial charge in [0.2, 0.25) is 6.71 Å². The second-order valence-corrected chi connectivity index (χ2v) is 13.9. The Morgan fingerprint density at radius 3 is 1.18 bits per heavy atom. The van der Waals surface area contributed by atoms with Crippen molar-refractivity contribution in [3.63, 3.8) is 0 Å². The molecule has 0 nitrogen and oxygen atoms in total. The van der Waals surface area contributed by atoms with E-state index in [1.54, 1.807) is 0 Å². The van der Waals surface area contributed by atoms with Gasteiger partial charge in [0.15, 0.2) is 0 Å². The Morgan fingerprint density at radius 2 is 0.667 bits per heavy atom. The van der Waals surface area contributed by atoms with Gasteiger partial charge in [-0.3, -0.25) is 0 Å². The maximum absolute atomic E-state index is 2.43.